The van der Waals surface area contributed by atoms with Crippen molar-refractivity contribution in [2.45, 2.75) is 25.7 Å². The molecule has 7 rings (SSSR count). The molecule has 60 heavy (non-hydrogen) atoms. The number of phenolic OH excluding ortho intramolecular Hbond substituents is 2. The Labute approximate surface area is 343 Å². The van der Waals surface area contributed by atoms with Crippen LogP contribution in [0.2, 0.25) is 0 Å². The number of nitro benzene ring substituents is 2. The SMILES string of the molecule is C#CCOc1c2cccc1Cc1cc(N=Nc3ccc([N+](=O)[O-])cc3)cc(c1O)Cc1cccc(c1OCC#C)Cc1cc(N=Nc3ccc([N+](=O)[O-])cc3)cc(c1O)C2. The molecule has 1 aliphatic rings. The van der Waals surface area contributed by atoms with Gasteiger partial charge in [-0.05, 0) is 70.8 Å². The number of rotatable bonds is 10. The lowest BCUT2D eigenvalue weighted by molar-refractivity contribution is -0.385. The molecule has 0 aromatic heterocycles. The van der Waals surface area contributed by atoms with Crippen LogP contribution in [0.3, 0.4) is 0 Å². The molecule has 0 aliphatic heterocycles. The minimum atomic E-state index is -0.495. The zero-order chi connectivity index (χ0) is 42.2. The van der Waals surface area contributed by atoms with Gasteiger partial charge < -0.3 is 19.7 Å². The number of phenols is 2. The van der Waals surface area contributed by atoms with E-state index in [9.17, 15) is 30.4 Å². The molecular weight excluding hydrogens is 765 g/mol. The van der Waals surface area contributed by atoms with E-state index in [2.05, 4.69) is 32.3 Å². The molecule has 0 radical (unpaired) electrons. The zero-order valence-corrected chi connectivity index (χ0v) is 31.8. The number of aromatic hydroxyl groups is 2. The van der Waals surface area contributed by atoms with Gasteiger partial charge in [-0.2, -0.15) is 20.5 Å². The molecule has 0 fully saturated rings. The van der Waals surface area contributed by atoms with Crippen LogP contribution in [0.4, 0.5) is 34.1 Å². The largest absolute Gasteiger partial charge is 0.507 e. The van der Waals surface area contributed by atoms with Crippen molar-refractivity contribution >= 4 is 34.1 Å². The van der Waals surface area contributed by atoms with Gasteiger partial charge in [0, 0.05) is 72.2 Å². The topological polar surface area (TPSA) is 195 Å². The number of nitro groups is 2. The van der Waals surface area contributed by atoms with Crippen LogP contribution in [0.25, 0.3) is 0 Å². The maximum absolute atomic E-state index is 11.9. The summed E-state index contributed by atoms with van der Waals surface area (Å²) < 4.78 is 12.4. The second kappa shape index (κ2) is 17.8. The van der Waals surface area contributed by atoms with Crippen molar-refractivity contribution in [2.24, 2.45) is 20.5 Å². The Morgan fingerprint density at radius 2 is 0.800 bits per heavy atom. The number of terminal acetylenes is 2. The summed E-state index contributed by atoms with van der Waals surface area (Å²) in [6.45, 7) is -0.110. The van der Waals surface area contributed by atoms with Crippen molar-refractivity contribution in [2.75, 3.05) is 13.2 Å². The minimum absolute atomic E-state index is 0.0175. The molecule has 0 spiro atoms. The van der Waals surface area contributed by atoms with Crippen LogP contribution in [0, 0.1) is 44.9 Å². The number of ether oxygens (including phenoxy) is 2. The molecule has 0 heterocycles. The van der Waals surface area contributed by atoms with Gasteiger partial charge in [-0.15, -0.1) is 12.8 Å². The molecule has 2 N–H and O–H groups in total. The highest BCUT2D eigenvalue weighted by atomic mass is 16.6. The van der Waals surface area contributed by atoms with Gasteiger partial charge in [-0.25, -0.2) is 0 Å². The molecule has 296 valence electrons. The van der Waals surface area contributed by atoms with E-state index < -0.39 is 9.85 Å². The summed E-state index contributed by atoms with van der Waals surface area (Å²) in [6, 6.07) is 29.3. The highest BCUT2D eigenvalue weighted by molar-refractivity contribution is 5.61. The molecule has 14 heteroatoms. The molecule has 14 nitrogen and oxygen atoms in total. The molecule has 0 unspecified atom stereocenters. The van der Waals surface area contributed by atoms with Gasteiger partial charge in [0.2, 0.25) is 0 Å². The van der Waals surface area contributed by atoms with Crippen LogP contribution < -0.4 is 9.47 Å². The van der Waals surface area contributed by atoms with Gasteiger partial charge in [0.1, 0.15) is 36.2 Å². The molecule has 0 atom stereocenters. The maximum Gasteiger partial charge on any atom is 0.269 e. The van der Waals surface area contributed by atoms with Gasteiger partial charge in [0.15, 0.2) is 0 Å². The van der Waals surface area contributed by atoms with Crippen molar-refractivity contribution in [3.63, 3.8) is 0 Å². The van der Waals surface area contributed by atoms with Gasteiger partial charge >= 0.3 is 0 Å². The second-order valence-corrected chi connectivity index (χ2v) is 13.7. The first kappa shape index (κ1) is 39.9. The molecular formula is C46H34N6O8. The third-order valence-corrected chi connectivity index (χ3v) is 9.67. The summed E-state index contributed by atoms with van der Waals surface area (Å²) in [5.41, 5.74) is 6.22. The minimum Gasteiger partial charge on any atom is -0.507 e. The van der Waals surface area contributed by atoms with E-state index in [-0.39, 0.29) is 61.8 Å². The highest BCUT2D eigenvalue weighted by Gasteiger charge is 2.22. The summed E-state index contributed by atoms with van der Waals surface area (Å²) in [6.07, 6.45) is 12.0. The number of nitrogens with zero attached hydrogens (tertiary/aromatic N) is 6. The molecule has 0 saturated carbocycles. The van der Waals surface area contributed by atoms with Crippen molar-refractivity contribution in [1.29, 1.82) is 0 Å². The Kier molecular flexibility index (Phi) is 11.8. The number of benzene rings is 6. The van der Waals surface area contributed by atoms with E-state index >= 15 is 0 Å². The van der Waals surface area contributed by atoms with Crippen LogP contribution in [-0.2, 0) is 25.7 Å². The number of hydrogen-bond acceptors (Lipinski definition) is 12. The summed E-state index contributed by atoms with van der Waals surface area (Å²) in [5.74, 6) is 6.02. The first-order valence-electron chi connectivity index (χ1n) is 18.5. The van der Waals surface area contributed by atoms with Crippen molar-refractivity contribution in [3.05, 3.63) is 174 Å². The number of fused-ring (bicyclic) bond motifs is 8. The fraction of sp³-hybridized carbons (Fsp3) is 0.130. The molecule has 1 aliphatic carbocycles. The normalized spacial score (nSPS) is 12.1. The molecule has 6 aromatic rings. The Morgan fingerprint density at radius 3 is 1.08 bits per heavy atom. The van der Waals surface area contributed by atoms with Crippen molar-refractivity contribution < 1.29 is 29.5 Å². The van der Waals surface area contributed by atoms with Crippen molar-refractivity contribution in [3.8, 4) is 47.7 Å². The quantitative estimate of drug-likeness (QED) is 0.0590. The van der Waals surface area contributed by atoms with E-state index in [4.69, 9.17) is 22.3 Å². The van der Waals surface area contributed by atoms with Crippen LogP contribution in [0.5, 0.6) is 23.0 Å². The van der Waals surface area contributed by atoms with E-state index in [1.165, 1.54) is 48.5 Å². The van der Waals surface area contributed by atoms with Crippen molar-refractivity contribution in [1.82, 2.24) is 0 Å². The Hall–Kier alpha value is -8.36. The Bertz CT molecular complexity index is 2490. The van der Waals surface area contributed by atoms with E-state index in [0.29, 0.717) is 78.8 Å². The average Bonchev–Trinajstić information content (AvgIpc) is 3.24. The monoisotopic (exact) mass is 798 g/mol. The third kappa shape index (κ3) is 9.09. The van der Waals surface area contributed by atoms with Gasteiger partial charge in [0.25, 0.3) is 11.4 Å². The second-order valence-electron chi connectivity index (χ2n) is 13.7. The molecule has 8 bridgehead atoms. The third-order valence-electron chi connectivity index (χ3n) is 9.67. The highest BCUT2D eigenvalue weighted by Crippen LogP contribution is 2.41. The van der Waals surface area contributed by atoms with E-state index in [1.54, 1.807) is 24.3 Å². The smallest absolute Gasteiger partial charge is 0.269 e. The number of hydrogen-bond donors (Lipinski definition) is 2. The standard InChI is InChI=1S/C46H34N6O8/c1-3-19-59-45-29-7-5-8-30(45)22-34-26-40(50-48-38-13-17-42(18-14-38)52(57)58)28-36(44(34)54)24-32-10-6-9-31(46(32)60-20-4-2)23-35-27-39(25-33(21-29)43(35)53)49-47-37-11-15-41(16-12-37)51(55)56/h1-2,5-18,25-28,53-54H,19-24H2. The summed E-state index contributed by atoms with van der Waals surface area (Å²) in [7, 11) is 0. The van der Waals surface area contributed by atoms with E-state index in [1.807, 2.05) is 36.4 Å². The zero-order valence-electron chi connectivity index (χ0n) is 31.8. The Balaban J connectivity index is 1.39. The number of para-hydroxylation sites is 2. The summed E-state index contributed by atoms with van der Waals surface area (Å²) in [4.78, 5) is 21.4. The first-order valence-corrected chi connectivity index (χ1v) is 18.5. The predicted octanol–water partition coefficient (Wildman–Crippen LogP) is 10.4. The lowest BCUT2D eigenvalue weighted by atomic mass is 9.91. The van der Waals surface area contributed by atoms with Gasteiger partial charge in [-0.3, -0.25) is 20.2 Å². The molecule has 6 aromatic carbocycles. The fourth-order valence-corrected chi connectivity index (χ4v) is 6.90. The van der Waals surface area contributed by atoms with Crippen LogP contribution in [0.15, 0.2) is 130 Å². The predicted molar refractivity (Wildman–Crippen MR) is 224 cm³/mol. The lowest BCUT2D eigenvalue weighted by Crippen LogP contribution is -2.06. The van der Waals surface area contributed by atoms with Crippen LogP contribution in [-0.4, -0.2) is 33.3 Å². The molecule has 0 amide bonds. The number of azo groups is 2. The van der Waals surface area contributed by atoms with Crippen LogP contribution >= 0.6 is 0 Å². The fourth-order valence-electron chi connectivity index (χ4n) is 6.90. The first-order chi connectivity index (χ1) is 29.1. The van der Waals surface area contributed by atoms with Gasteiger partial charge in [-0.1, -0.05) is 48.2 Å². The average molecular weight is 799 g/mol. The summed E-state index contributed by atoms with van der Waals surface area (Å²) >= 11 is 0. The maximum atomic E-state index is 11.9. The Morgan fingerprint density at radius 1 is 0.500 bits per heavy atom. The number of non-ortho nitro benzene ring substituents is 2. The summed E-state index contributed by atoms with van der Waals surface area (Å²) in [5, 5.41) is 63.8. The molecule has 0 saturated heterocycles. The van der Waals surface area contributed by atoms with E-state index in [0.717, 1.165) is 0 Å². The van der Waals surface area contributed by atoms with Gasteiger partial charge in [0.05, 0.1) is 32.6 Å². The lowest BCUT2D eigenvalue weighted by Gasteiger charge is -2.20. The van der Waals surface area contributed by atoms with Crippen LogP contribution in [0.1, 0.15) is 44.5 Å².